The van der Waals surface area contributed by atoms with E-state index in [-0.39, 0.29) is 11.1 Å². The number of ketones is 1. The molecule has 0 aliphatic rings. The molecule has 0 amide bonds. The Morgan fingerprint density at radius 1 is 1.41 bits per heavy atom. The van der Waals surface area contributed by atoms with Crippen LogP contribution in [-0.2, 0) is 6.18 Å². The van der Waals surface area contributed by atoms with Crippen molar-refractivity contribution in [1.29, 1.82) is 5.26 Å². The van der Waals surface area contributed by atoms with E-state index in [2.05, 4.69) is 4.74 Å². The fourth-order valence-corrected chi connectivity index (χ4v) is 1.46. The molecule has 17 heavy (non-hydrogen) atoms. The van der Waals surface area contributed by atoms with Crippen molar-refractivity contribution in [3.05, 3.63) is 28.8 Å². The van der Waals surface area contributed by atoms with Crippen LogP contribution in [0.4, 0.5) is 13.2 Å². The van der Waals surface area contributed by atoms with Crippen molar-refractivity contribution in [2.75, 3.05) is 7.11 Å². The van der Waals surface area contributed by atoms with E-state index >= 15 is 0 Å². The van der Waals surface area contributed by atoms with Crippen LogP contribution in [0.3, 0.4) is 0 Å². The Kier molecular flexibility index (Phi) is 3.42. The Morgan fingerprint density at radius 2 is 2.00 bits per heavy atom. The van der Waals surface area contributed by atoms with Gasteiger partial charge in [0.1, 0.15) is 11.8 Å². The molecule has 0 bridgehead atoms. The second kappa shape index (κ2) is 4.45. The minimum Gasteiger partial charge on any atom is -0.495 e. The van der Waals surface area contributed by atoms with E-state index in [4.69, 9.17) is 5.26 Å². The number of nitrogens with zero attached hydrogens (tertiary/aromatic N) is 1. The molecule has 6 heteroatoms. The Hall–Kier alpha value is -2.03. The molecule has 0 radical (unpaired) electrons. The SMILES string of the molecule is COc1c(C(F)(F)F)ccc(C#N)c1C(C)=O. The van der Waals surface area contributed by atoms with Gasteiger partial charge >= 0.3 is 6.18 Å². The molecule has 90 valence electrons. The summed E-state index contributed by atoms with van der Waals surface area (Å²) in [5.74, 6) is -1.26. The largest absolute Gasteiger partial charge is 0.495 e. The van der Waals surface area contributed by atoms with Gasteiger partial charge in [-0.15, -0.1) is 0 Å². The van der Waals surface area contributed by atoms with Gasteiger partial charge in [0.25, 0.3) is 0 Å². The number of rotatable bonds is 2. The molecule has 0 aromatic heterocycles. The van der Waals surface area contributed by atoms with Crippen molar-refractivity contribution in [1.82, 2.24) is 0 Å². The quantitative estimate of drug-likeness (QED) is 0.750. The molecule has 0 N–H and O–H groups in total. The highest BCUT2D eigenvalue weighted by atomic mass is 19.4. The van der Waals surface area contributed by atoms with Gasteiger partial charge in [-0.1, -0.05) is 0 Å². The maximum atomic E-state index is 12.6. The molecule has 0 unspecified atom stereocenters. The maximum absolute atomic E-state index is 12.6. The topological polar surface area (TPSA) is 50.1 Å². The van der Waals surface area contributed by atoms with Crippen LogP contribution in [0.1, 0.15) is 28.4 Å². The smallest absolute Gasteiger partial charge is 0.419 e. The minimum absolute atomic E-state index is 0.137. The summed E-state index contributed by atoms with van der Waals surface area (Å²) in [6.45, 7) is 1.08. The van der Waals surface area contributed by atoms with Crippen molar-refractivity contribution in [2.24, 2.45) is 0 Å². The summed E-state index contributed by atoms with van der Waals surface area (Å²) >= 11 is 0. The van der Waals surface area contributed by atoms with E-state index in [0.717, 1.165) is 26.2 Å². The number of carbonyl (C=O) groups excluding carboxylic acids is 1. The Balaban J connectivity index is 3.66. The lowest BCUT2D eigenvalue weighted by Crippen LogP contribution is -2.12. The first-order chi connectivity index (χ1) is 7.82. The summed E-state index contributed by atoms with van der Waals surface area (Å²) < 4.78 is 42.5. The van der Waals surface area contributed by atoms with Crippen LogP contribution in [0, 0.1) is 11.3 Å². The number of methoxy groups -OCH3 is 1. The van der Waals surface area contributed by atoms with Crippen molar-refractivity contribution in [3.8, 4) is 11.8 Å². The van der Waals surface area contributed by atoms with Crippen LogP contribution < -0.4 is 4.74 Å². The Bertz CT molecular complexity index is 501. The third kappa shape index (κ3) is 2.38. The summed E-state index contributed by atoms with van der Waals surface area (Å²) in [4.78, 5) is 11.3. The van der Waals surface area contributed by atoms with Gasteiger partial charge < -0.3 is 4.74 Å². The van der Waals surface area contributed by atoms with E-state index in [1.54, 1.807) is 6.07 Å². The molecule has 0 fully saturated rings. The number of ether oxygens (including phenoxy) is 1. The number of hydrogen-bond acceptors (Lipinski definition) is 3. The van der Waals surface area contributed by atoms with E-state index in [0.29, 0.717) is 0 Å². The van der Waals surface area contributed by atoms with E-state index < -0.39 is 23.3 Å². The van der Waals surface area contributed by atoms with Gasteiger partial charge in [0, 0.05) is 0 Å². The number of alkyl halides is 3. The number of hydrogen-bond donors (Lipinski definition) is 0. The van der Waals surface area contributed by atoms with Crippen LogP contribution >= 0.6 is 0 Å². The lowest BCUT2D eigenvalue weighted by molar-refractivity contribution is -0.138. The molecule has 1 aromatic rings. The molecule has 0 heterocycles. The number of halogens is 3. The number of carbonyl (C=O) groups is 1. The van der Waals surface area contributed by atoms with Crippen LogP contribution in [0.5, 0.6) is 5.75 Å². The molecule has 0 aliphatic heterocycles. The van der Waals surface area contributed by atoms with E-state index in [1.165, 1.54) is 0 Å². The molecule has 0 saturated carbocycles. The first-order valence-electron chi connectivity index (χ1n) is 4.52. The molecule has 0 aliphatic carbocycles. The van der Waals surface area contributed by atoms with Crippen LogP contribution in [-0.4, -0.2) is 12.9 Å². The first kappa shape index (κ1) is 13.0. The van der Waals surface area contributed by atoms with Crippen molar-refractivity contribution < 1.29 is 22.7 Å². The van der Waals surface area contributed by atoms with Crippen molar-refractivity contribution in [3.63, 3.8) is 0 Å². The summed E-state index contributed by atoms with van der Waals surface area (Å²) in [6, 6.07) is 3.35. The summed E-state index contributed by atoms with van der Waals surface area (Å²) in [5, 5.41) is 8.74. The van der Waals surface area contributed by atoms with Crippen LogP contribution in [0.25, 0.3) is 0 Å². The van der Waals surface area contributed by atoms with Gasteiger partial charge in [0.05, 0.1) is 23.8 Å². The van der Waals surface area contributed by atoms with E-state index in [9.17, 15) is 18.0 Å². The number of Topliss-reactive ketones (excluding diaryl/α,β-unsaturated/α-hetero) is 1. The van der Waals surface area contributed by atoms with Crippen molar-refractivity contribution in [2.45, 2.75) is 13.1 Å². The Labute approximate surface area is 95.4 Å². The van der Waals surface area contributed by atoms with Gasteiger partial charge in [-0.2, -0.15) is 18.4 Å². The van der Waals surface area contributed by atoms with Gasteiger partial charge in [-0.3, -0.25) is 4.79 Å². The third-order valence-corrected chi connectivity index (χ3v) is 2.14. The predicted octanol–water partition coefficient (Wildman–Crippen LogP) is 2.79. The molecular weight excluding hydrogens is 235 g/mol. The zero-order valence-electron chi connectivity index (χ0n) is 9.05. The minimum atomic E-state index is -4.64. The Morgan fingerprint density at radius 3 is 2.35 bits per heavy atom. The average Bonchev–Trinajstić information content (AvgIpc) is 2.25. The van der Waals surface area contributed by atoms with Crippen LogP contribution in [0.15, 0.2) is 12.1 Å². The van der Waals surface area contributed by atoms with Gasteiger partial charge in [-0.25, -0.2) is 0 Å². The fourth-order valence-electron chi connectivity index (χ4n) is 1.46. The number of nitriles is 1. The lowest BCUT2D eigenvalue weighted by Gasteiger charge is -2.15. The second-order valence-corrected chi connectivity index (χ2v) is 3.23. The molecular formula is C11H8F3NO2. The number of benzene rings is 1. The van der Waals surface area contributed by atoms with E-state index in [1.807, 2.05) is 0 Å². The maximum Gasteiger partial charge on any atom is 0.419 e. The second-order valence-electron chi connectivity index (χ2n) is 3.23. The summed E-state index contributed by atoms with van der Waals surface area (Å²) in [6.07, 6.45) is -4.64. The summed E-state index contributed by atoms with van der Waals surface area (Å²) in [5.41, 5.74) is -1.55. The molecule has 0 saturated heterocycles. The highest BCUT2D eigenvalue weighted by Gasteiger charge is 2.36. The average molecular weight is 243 g/mol. The molecule has 1 aromatic carbocycles. The van der Waals surface area contributed by atoms with Gasteiger partial charge in [0.15, 0.2) is 5.78 Å². The van der Waals surface area contributed by atoms with Gasteiger partial charge in [0.2, 0.25) is 0 Å². The molecule has 3 nitrogen and oxygen atoms in total. The first-order valence-corrected chi connectivity index (χ1v) is 4.52. The standard InChI is InChI=1S/C11H8F3NO2/c1-6(16)9-7(5-15)3-4-8(10(9)17-2)11(12,13)14/h3-4H,1-2H3. The lowest BCUT2D eigenvalue weighted by atomic mass is 9.99. The highest BCUT2D eigenvalue weighted by Crippen LogP contribution is 2.39. The van der Waals surface area contributed by atoms with Crippen molar-refractivity contribution >= 4 is 5.78 Å². The molecule has 1 rings (SSSR count). The zero-order chi connectivity index (χ0) is 13.2. The summed E-state index contributed by atoms with van der Waals surface area (Å²) in [7, 11) is 1.03. The normalized spacial score (nSPS) is 10.8. The van der Waals surface area contributed by atoms with Gasteiger partial charge in [-0.05, 0) is 19.1 Å². The zero-order valence-corrected chi connectivity index (χ0v) is 9.05. The molecule has 0 atom stereocenters. The third-order valence-electron chi connectivity index (χ3n) is 2.14. The predicted molar refractivity (Wildman–Crippen MR) is 52.7 cm³/mol. The fraction of sp³-hybridized carbons (Fsp3) is 0.273. The van der Waals surface area contributed by atoms with Crippen LogP contribution in [0.2, 0.25) is 0 Å². The monoisotopic (exact) mass is 243 g/mol. The highest BCUT2D eigenvalue weighted by molar-refractivity contribution is 5.99. The molecule has 0 spiro atoms.